The minimum atomic E-state index is -0.289. The maximum Gasteiger partial charge on any atom is 0.261 e. The fourth-order valence-electron chi connectivity index (χ4n) is 3.04. The van der Waals surface area contributed by atoms with Gasteiger partial charge < -0.3 is 5.32 Å². The second kappa shape index (κ2) is 7.11. The van der Waals surface area contributed by atoms with E-state index in [-0.39, 0.29) is 36.7 Å². The molecule has 2 heterocycles. The Balaban J connectivity index is 1.55. The van der Waals surface area contributed by atoms with E-state index in [4.69, 9.17) is 0 Å². The van der Waals surface area contributed by atoms with Crippen LogP contribution in [0.5, 0.6) is 0 Å². The summed E-state index contributed by atoms with van der Waals surface area (Å²) in [6.45, 7) is 6.06. The van der Waals surface area contributed by atoms with Crippen molar-refractivity contribution in [1.29, 1.82) is 0 Å². The van der Waals surface area contributed by atoms with Crippen molar-refractivity contribution in [2.45, 2.75) is 39.7 Å². The van der Waals surface area contributed by atoms with Crippen LogP contribution in [0.15, 0.2) is 30.5 Å². The van der Waals surface area contributed by atoms with Crippen LogP contribution >= 0.6 is 0 Å². The van der Waals surface area contributed by atoms with E-state index in [0.717, 1.165) is 5.56 Å². The van der Waals surface area contributed by atoms with E-state index in [0.29, 0.717) is 23.4 Å². The molecule has 26 heavy (non-hydrogen) atoms. The van der Waals surface area contributed by atoms with Crippen molar-refractivity contribution >= 4 is 23.5 Å². The van der Waals surface area contributed by atoms with Gasteiger partial charge in [-0.15, -0.1) is 0 Å². The van der Waals surface area contributed by atoms with Crippen LogP contribution in [0.4, 0.5) is 5.82 Å². The van der Waals surface area contributed by atoms with Crippen molar-refractivity contribution in [3.05, 3.63) is 47.2 Å². The number of fused-ring (bicyclic) bond motifs is 1. The number of aryl methyl sites for hydroxylation is 1. The van der Waals surface area contributed by atoms with Crippen LogP contribution in [-0.2, 0) is 4.79 Å². The van der Waals surface area contributed by atoms with Crippen molar-refractivity contribution in [3.8, 4) is 0 Å². The molecular formula is C19H22N4O3. The number of carbonyl (C=O) groups is 3. The second-order valence-electron chi connectivity index (χ2n) is 6.72. The maximum atomic E-state index is 12.4. The van der Waals surface area contributed by atoms with Gasteiger partial charge in [-0.3, -0.25) is 19.3 Å². The van der Waals surface area contributed by atoms with Crippen LogP contribution in [0.1, 0.15) is 59.0 Å². The molecule has 0 saturated carbocycles. The molecule has 3 rings (SSSR count). The average molecular weight is 354 g/mol. The van der Waals surface area contributed by atoms with Gasteiger partial charge in [-0.05, 0) is 39.3 Å². The van der Waals surface area contributed by atoms with Gasteiger partial charge in [-0.1, -0.05) is 11.6 Å². The van der Waals surface area contributed by atoms with Gasteiger partial charge in [-0.25, -0.2) is 4.68 Å². The Kier molecular flexibility index (Phi) is 4.88. The smallest absolute Gasteiger partial charge is 0.261 e. The van der Waals surface area contributed by atoms with Gasteiger partial charge in [0.25, 0.3) is 11.8 Å². The number of hydrogen-bond donors (Lipinski definition) is 1. The van der Waals surface area contributed by atoms with Crippen LogP contribution in [0.2, 0.25) is 0 Å². The highest BCUT2D eigenvalue weighted by Crippen LogP contribution is 2.24. The van der Waals surface area contributed by atoms with E-state index >= 15 is 0 Å². The molecule has 7 nitrogen and oxygen atoms in total. The molecule has 1 N–H and O–H groups in total. The number of nitrogens with one attached hydrogen (secondary N) is 1. The molecule has 2 aromatic rings. The lowest BCUT2D eigenvalue weighted by atomic mass is 10.1. The molecule has 0 saturated heterocycles. The van der Waals surface area contributed by atoms with E-state index in [1.807, 2.05) is 26.8 Å². The molecule has 0 fully saturated rings. The summed E-state index contributed by atoms with van der Waals surface area (Å²) in [6.07, 6.45) is 2.26. The van der Waals surface area contributed by atoms with Gasteiger partial charge in [0.05, 0.1) is 17.3 Å². The summed E-state index contributed by atoms with van der Waals surface area (Å²) in [4.78, 5) is 38.1. The first-order chi connectivity index (χ1) is 12.4. The Hall–Kier alpha value is -2.96. The maximum absolute atomic E-state index is 12.4. The minimum absolute atomic E-state index is 0.141. The fraction of sp³-hybridized carbons (Fsp3) is 0.368. The molecule has 1 aliphatic heterocycles. The number of carbonyl (C=O) groups excluding carboxylic acids is 3. The molecule has 0 bridgehead atoms. The van der Waals surface area contributed by atoms with Crippen LogP contribution < -0.4 is 5.32 Å². The standard InChI is InChI=1S/C19H22N4O3/c1-12(2)23-16(8-9-20-23)21-17(24)5-4-10-22-18(25)14-7-6-13(3)11-15(14)19(22)26/h6-9,11-12H,4-5,10H2,1-3H3,(H,21,24). The molecule has 7 heteroatoms. The third-order valence-corrected chi connectivity index (χ3v) is 4.34. The first-order valence-electron chi connectivity index (χ1n) is 8.68. The van der Waals surface area contributed by atoms with Gasteiger partial charge in [0, 0.05) is 25.1 Å². The fourth-order valence-corrected chi connectivity index (χ4v) is 3.04. The van der Waals surface area contributed by atoms with Gasteiger partial charge in [0.1, 0.15) is 5.82 Å². The molecule has 0 radical (unpaired) electrons. The van der Waals surface area contributed by atoms with Gasteiger partial charge in [0.15, 0.2) is 0 Å². The molecule has 1 aromatic heterocycles. The molecule has 3 amide bonds. The van der Waals surface area contributed by atoms with Crippen LogP contribution in [0.3, 0.4) is 0 Å². The van der Waals surface area contributed by atoms with E-state index in [1.54, 1.807) is 29.1 Å². The summed E-state index contributed by atoms with van der Waals surface area (Å²) >= 11 is 0. The summed E-state index contributed by atoms with van der Waals surface area (Å²) in [6, 6.07) is 7.12. The number of nitrogens with zero attached hydrogens (tertiary/aromatic N) is 3. The zero-order valence-electron chi connectivity index (χ0n) is 15.2. The number of hydrogen-bond acceptors (Lipinski definition) is 4. The number of amides is 3. The first-order valence-corrected chi connectivity index (χ1v) is 8.68. The van der Waals surface area contributed by atoms with E-state index < -0.39 is 0 Å². The number of rotatable bonds is 6. The van der Waals surface area contributed by atoms with E-state index in [1.165, 1.54) is 4.90 Å². The van der Waals surface area contributed by atoms with Gasteiger partial charge >= 0.3 is 0 Å². The van der Waals surface area contributed by atoms with E-state index in [2.05, 4.69) is 10.4 Å². The number of imide groups is 1. The van der Waals surface area contributed by atoms with Crippen LogP contribution in [0, 0.1) is 6.92 Å². The normalized spacial score (nSPS) is 13.5. The molecule has 0 atom stereocenters. The van der Waals surface area contributed by atoms with Crippen LogP contribution in [-0.4, -0.2) is 38.9 Å². The Bertz CT molecular complexity index is 869. The Morgan fingerprint density at radius 2 is 1.88 bits per heavy atom. The lowest BCUT2D eigenvalue weighted by Crippen LogP contribution is -2.31. The zero-order chi connectivity index (χ0) is 18.8. The molecule has 0 aliphatic carbocycles. The van der Waals surface area contributed by atoms with Crippen molar-refractivity contribution in [1.82, 2.24) is 14.7 Å². The average Bonchev–Trinajstić information content (AvgIpc) is 3.13. The molecule has 1 aromatic carbocycles. The SMILES string of the molecule is Cc1ccc2c(c1)C(=O)N(CCCC(=O)Nc1ccnn1C(C)C)C2=O. The summed E-state index contributed by atoms with van der Waals surface area (Å²) in [7, 11) is 0. The quantitative estimate of drug-likeness (QED) is 0.809. The zero-order valence-corrected chi connectivity index (χ0v) is 15.2. The second-order valence-corrected chi connectivity index (χ2v) is 6.72. The lowest BCUT2D eigenvalue weighted by molar-refractivity contribution is -0.116. The van der Waals surface area contributed by atoms with Crippen LogP contribution in [0.25, 0.3) is 0 Å². The number of anilines is 1. The number of benzene rings is 1. The third-order valence-electron chi connectivity index (χ3n) is 4.34. The molecule has 0 spiro atoms. The molecular weight excluding hydrogens is 332 g/mol. The minimum Gasteiger partial charge on any atom is -0.311 e. The Morgan fingerprint density at radius 1 is 1.15 bits per heavy atom. The van der Waals surface area contributed by atoms with Crippen molar-refractivity contribution in [2.24, 2.45) is 0 Å². The first kappa shape index (κ1) is 17.8. The molecule has 0 unspecified atom stereocenters. The van der Waals surface area contributed by atoms with Crippen molar-refractivity contribution < 1.29 is 14.4 Å². The van der Waals surface area contributed by atoms with Crippen molar-refractivity contribution in [3.63, 3.8) is 0 Å². The Labute approximate surface area is 152 Å². The number of aromatic nitrogens is 2. The van der Waals surface area contributed by atoms with E-state index in [9.17, 15) is 14.4 Å². The summed E-state index contributed by atoms with van der Waals surface area (Å²) < 4.78 is 1.73. The van der Waals surface area contributed by atoms with Crippen molar-refractivity contribution in [2.75, 3.05) is 11.9 Å². The van der Waals surface area contributed by atoms with Gasteiger partial charge in [-0.2, -0.15) is 5.10 Å². The highest BCUT2D eigenvalue weighted by Gasteiger charge is 2.34. The summed E-state index contributed by atoms with van der Waals surface area (Å²) in [5.41, 5.74) is 1.82. The Morgan fingerprint density at radius 3 is 2.62 bits per heavy atom. The summed E-state index contributed by atoms with van der Waals surface area (Å²) in [5, 5.41) is 6.98. The lowest BCUT2D eigenvalue weighted by Gasteiger charge is -2.14. The topological polar surface area (TPSA) is 84.3 Å². The molecule has 136 valence electrons. The highest BCUT2D eigenvalue weighted by molar-refractivity contribution is 6.21. The largest absolute Gasteiger partial charge is 0.311 e. The monoisotopic (exact) mass is 354 g/mol. The summed E-state index contributed by atoms with van der Waals surface area (Å²) in [5.74, 6) is -0.101. The van der Waals surface area contributed by atoms with Gasteiger partial charge in [0.2, 0.25) is 5.91 Å². The third kappa shape index (κ3) is 3.37. The predicted octanol–water partition coefficient (Wildman–Crippen LogP) is 2.79. The highest BCUT2D eigenvalue weighted by atomic mass is 16.2. The predicted molar refractivity (Wildman–Crippen MR) is 97.0 cm³/mol. The molecule has 1 aliphatic rings.